The van der Waals surface area contributed by atoms with Crippen LogP contribution in [0.2, 0.25) is 0 Å². The minimum Gasteiger partial charge on any atom is -0.481 e. The van der Waals surface area contributed by atoms with Gasteiger partial charge < -0.3 is 14.9 Å². The van der Waals surface area contributed by atoms with E-state index in [1.54, 1.807) is 13.8 Å². The topological polar surface area (TPSA) is 83.8 Å². The second-order valence-corrected chi connectivity index (χ2v) is 4.64. The second kappa shape index (κ2) is 3.48. The van der Waals surface area contributed by atoms with Crippen molar-refractivity contribution < 1.29 is 24.5 Å². The zero-order valence-corrected chi connectivity index (χ0v) is 9.11. The monoisotopic (exact) mass is 216 g/mol. The Morgan fingerprint density at radius 3 is 2.27 bits per heavy atom. The number of carboxylic acids is 2. The lowest BCUT2D eigenvalue weighted by Crippen LogP contribution is -2.42. The molecule has 1 heterocycles. The minimum atomic E-state index is -1.27. The summed E-state index contributed by atoms with van der Waals surface area (Å²) in [5.74, 6) is -2.21. The zero-order chi connectivity index (χ0) is 11.9. The molecule has 5 heteroatoms. The Kier molecular flexibility index (Phi) is 2.78. The summed E-state index contributed by atoms with van der Waals surface area (Å²) in [6.07, 6.45) is 0.280. The lowest BCUT2D eigenvalue weighted by atomic mass is 9.86. The first-order valence-electron chi connectivity index (χ1n) is 4.85. The van der Waals surface area contributed by atoms with Crippen molar-refractivity contribution in [2.45, 2.75) is 44.8 Å². The highest BCUT2D eigenvalue weighted by Gasteiger charge is 2.54. The summed E-state index contributed by atoms with van der Waals surface area (Å²) in [5.41, 5.74) is -2.15. The summed E-state index contributed by atoms with van der Waals surface area (Å²) in [5, 5.41) is 17.7. The molecule has 0 aliphatic carbocycles. The molecule has 0 aromatic heterocycles. The number of carboxylic acid groups (broad SMARTS) is 2. The summed E-state index contributed by atoms with van der Waals surface area (Å²) in [6, 6.07) is 0. The molecule has 3 atom stereocenters. The fourth-order valence-corrected chi connectivity index (χ4v) is 2.18. The molecule has 1 saturated heterocycles. The van der Waals surface area contributed by atoms with Gasteiger partial charge in [-0.2, -0.15) is 0 Å². The van der Waals surface area contributed by atoms with Crippen molar-refractivity contribution in [3.8, 4) is 0 Å². The lowest BCUT2D eigenvalue weighted by molar-refractivity contribution is -0.176. The molecule has 0 saturated carbocycles. The van der Waals surface area contributed by atoms with Gasteiger partial charge in [-0.15, -0.1) is 0 Å². The van der Waals surface area contributed by atoms with Crippen molar-refractivity contribution in [2.24, 2.45) is 5.92 Å². The molecule has 5 nitrogen and oxygen atoms in total. The van der Waals surface area contributed by atoms with E-state index in [0.717, 1.165) is 0 Å². The molecule has 86 valence electrons. The molecule has 1 aliphatic heterocycles. The van der Waals surface area contributed by atoms with E-state index >= 15 is 0 Å². The van der Waals surface area contributed by atoms with Crippen LogP contribution < -0.4 is 0 Å². The van der Waals surface area contributed by atoms with Gasteiger partial charge in [0, 0.05) is 0 Å². The maximum atomic E-state index is 11.0. The Balaban J connectivity index is 2.87. The number of rotatable bonds is 3. The van der Waals surface area contributed by atoms with Gasteiger partial charge in [0.1, 0.15) is 0 Å². The standard InChI is InChI=1S/C10H16O5/c1-6-4-9(2,5-7(11)12)15-10(6,3)8(13)14/h6H,4-5H2,1-3H3,(H,11,12)(H,13,14)/t6-,9-,10+/m0/s1. The summed E-state index contributed by atoms with van der Waals surface area (Å²) in [7, 11) is 0. The summed E-state index contributed by atoms with van der Waals surface area (Å²) < 4.78 is 5.44. The molecule has 1 rings (SSSR count). The Labute approximate surface area is 88.0 Å². The first-order chi connectivity index (χ1) is 6.69. The predicted molar refractivity (Wildman–Crippen MR) is 51.6 cm³/mol. The Morgan fingerprint density at radius 2 is 1.93 bits per heavy atom. The smallest absolute Gasteiger partial charge is 0.335 e. The third-order valence-electron chi connectivity index (χ3n) is 3.09. The highest BCUT2D eigenvalue weighted by molar-refractivity contribution is 5.78. The van der Waals surface area contributed by atoms with E-state index in [-0.39, 0.29) is 12.3 Å². The molecule has 0 unspecified atom stereocenters. The Hall–Kier alpha value is -1.10. The van der Waals surface area contributed by atoms with Gasteiger partial charge in [0.25, 0.3) is 0 Å². The van der Waals surface area contributed by atoms with Crippen molar-refractivity contribution in [1.82, 2.24) is 0 Å². The number of hydrogen-bond donors (Lipinski definition) is 2. The van der Waals surface area contributed by atoms with Crippen molar-refractivity contribution in [2.75, 3.05) is 0 Å². The van der Waals surface area contributed by atoms with Gasteiger partial charge in [-0.1, -0.05) is 6.92 Å². The third kappa shape index (κ3) is 2.12. The van der Waals surface area contributed by atoms with Gasteiger partial charge in [0.2, 0.25) is 0 Å². The molecule has 1 aliphatic rings. The first-order valence-corrected chi connectivity index (χ1v) is 4.85. The van der Waals surface area contributed by atoms with Gasteiger partial charge >= 0.3 is 11.9 Å². The highest BCUT2D eigenvalue weighted by atomic mass is 16.6. The maximum absolute atomic E-state index is 11.0. The van der Waals surface area contributed by atoms with E-state index < -0.39 is 23.1 Å². The zero-order valence-electron chi connectivity index (χ0n) is 9.11. The van der Waals surface area contributed by atoms with E-state index in [2.05, 4.69) is 0 Å². The van der Waals surface area contributed by atoms with Gasteiger partial charge in [-0.25, -0.2) is 4.79 Å². The molecule has 0 spiro atoms. The van der Waals surface area contributed by atoms with Crippen LogP contribution in [0.5, 0.6) is 0 Å². The summed E-state index contributed by atoms with van der Waals surface area (Å²) in [6.45, 7) is 4.90. The van der Waals surface area contributed by atoms with Gasteiger partial charge in [-0.3, -0.25) is 4.79 Å². The average molecular weight is 216 g/mol. The van der Waals surface area contributed by atoms with Crippen molar-refractivity contribution in [1.29, 1.82) is 0 Å². The Morgan fingerprint density at radius 1 is 1.40 bits per heavy atom. The third-order valence-corrected chi connectivity index (χ3v) is 3.09. The average Bonchev–Trinajstić information content (AvgIpc) is 2.21. The molecule has 0 radical (unpaired) electrons. The van der Waals surface area contributed by atoms with Crippen LogP contribution in [0.1, 0.15) is 33.6 Å². The van der Waals surface area contributed by atoms with E-state index in [1.807, 2.05) is 0 Å². The van der Waals surface area contributed by atoms with Crippen LogP contribution in [0, 0.1) is 5.92 Å². The molecule has 0 aromatic carbocycles. The van der Waals surface area contributed by atoms with Crippen LogP contribution in [0.15, 0.2) is 0 Å². The van der Waals surface area contributed by atoms with Crippen LogP contribution in [0.4, 0.5) is 0 Å². The van der Waals surface area contributed by atoms with Crippen LogP contribution in [-0.4, -0.2) is 33.4 Å². The van der Waals surface area contributed by atoms with Crippen molar-refractivity contribution >= 4 is 11.9 Å². The molecule has 0 bridgehead atoms. The van der Waals surface area contributed by atoms with Crippen LogP contribution in [0.25, 0.3) is 0 Å². The summed E-state index contributed by atoms with van der Waals surface area (Å²) in [4.78, 5) is 21.7. The quantitative estimate of drug-likeness (QED) is 0.738. The highest BCUT2D eigenvalue weighted by Crippen LogP contribution is 2.43. The number of carbonyl (C=O) groups is 2. The van der Waals surface area contributed by atoms with E-state index in [4.69, 9.17) is 14.9 Å². The second-order valence-electron chi connectivity index (χ2n) is 4.64. The lowest BCUT2D eigenvalue weighted by Gasteiger charge is -2.27. The maximum Gasteiger partial charge on any atom is 0.335 e. The first kappa shape index (κ1) is 12.0. The SMILES string of the molecule is C[C@H]1C[C@@](C)(CC(=O)O)O[C@@]1(C)C(=O)O. The molecule has 0 amide bonds. The fourth-order valence-electron chi connectivity index (χ4n) is 2.18. The molecule has 0 aromatic rings. The van der Waals surface area contributed by atoms with E-state index in [9.17, 15) is 9.59 Å². The molecular weight excluding hydrogens is 200 g/mol. The van der Waals surface area contributed by atoms with Gasteiger partial charge in [0.15, 0.2) is 5.60 Å². The van der Waals surface area contributed by atoms with Crippen LogP contribution in [0.3, 0.4) is 0 Å². The minimum absolute atomic E-state index is 0.166. The van der Waals surface area contributed by atoms with Gasteiger partial charge in [-0.05, 0) is 26.2 Å². The van der Waals surface area contributed by atoms with E-state index in [0.29, 0.717) is 6.42 Å². The molecular formula is C10H16O5. The fraction of sp³-hybridized carbons (Fsp3) is 0.800. The van der Waals surface area contributed by atoms with Crippen molar-refractivity contribution in [3.05, 3.63) is 0 Å². The predicted octanol–water partition coefficient (Wildman–Crippen LogP) is 1.12. The molecule has 15 heavy (non-hydrogen) atoms. The van der Waals surface area contributed by atoms with E-state index in [1.165, 1.54) is 6.92 Å². The largest absolute Gasteiger partial charge is 0.481 e. The normalized spacial score (nSPS) is 40.3. The number of ether oxygens (including phenoxy) is 1. The molecule has 1 fully saturated rings. The van der Waals surface area contributed by atoms with Crippen LogP contribution >= 0.6 is 0 Å². The Bertz CT molecular complexity index is 300. The number of aliphatic carboxylic acids is 2. The number of hydrogen-bond acceptors (Lipinski definition) is 3. The van der Waals surface area contributed by atoms with Gasteiger partial charge in [0.05, 0.1) is 12.0 Å². The molecule has 2 N–H and O–H groups in total. The van der Waals surface area contributed by atoms with Crippen molar-refractivity contribution in [3.63, 3.8) is 0 Å². The summed E-state index contributed by atoms with van der Waals surface area (Å²) >= 11 is 0. The van der Waals surface area contributed by atoms with Crippen LogP contribution in [-0.2, 0) is 14.3 Å².